The number of hydrogen-bond donors (Lipinski definition) is 2. The molecule has 2 heterocycles. The van der Waals surface area contributed by atoms with Crippen LogP contribution in [0.2, 0.25) is 0 Å². The van der Waals surface area contributed by atoms with Crippen LogP contribution >= 0.6 is 0 Å². The number of amides is 2. The van der Waals surface area contributed by atoms with E-state index in [2.05, 4.69) is 20.6 Å². The summed E-state index contributed by atoms with van der Waals surface area (Å²) in [5, 5.41) is 5.37. The van der Waals surface area contributed by atoms with Gasteiger partial charge in [-0.25, -0.2) is 0 Å². The first-order chi connectivity index (χ1) is 9.65. The predicted octanol–water partition coefficient (Wildman–Crippen LogP) is 1.36. The first-order valence-electron chi connectivity index (χ1n) is 6.06. The molecule has 0 atom stereocenters. The van der Waals surface area contributed by atoms with Crippen LogP contribution in [0.1, 0.15) is 23.0 Å². The zero-order valence-electron chi connectivity index (χ0n) is 11.0. The molecule has 2 aromatic rings. The topological polar surface area (TPSA) is 84.0 Å². The molecule has 2 rings (SSSR count). The zero-order valence-corrected chi connectivity index (χ0v) is 11.0. The number of carbonyl (C=O) groups is 2. The maximum atomic E-state index is 12.1. The third-order valence-corrected chi connectivity index (χ3v) is 2.52. The molecule has 0 aliphatic heterocycles. The van der Waals surface area contributed by atoms with Crippen LogP contribution in [-0.2, 0) is 11.3 Å². The molecule has 0 saturated heterocycles. The number of hydrogen-bond acceptors (Lipinski definition) is 4. The number of rotatable bonds is 4. The van der Waals surface area contributed by atoms with Gasteiger partial charge in [0, 0.05) is 24.9 Å². The Hall–Kier alpha value is -2.76. The Labute approximate surface area is 116 Å². The second-order valence-corrected chi connectivity index (χ2v) is 4.14. The third-order valence-electron chi connectivity index (χ3n) is 2.52. The van der Waals surface area contributed by atoms with Gasteiger partial charge in [0.1, 0.15) is 0 Å². The molecule has 102 valence electrons. The average Bonchev–Trinajstić information content (AvgIpc) is 2.46. The SMILES string of the molecule is CC(=O)NCc1cc(C(=O)Nc2cccnc2)ccn1. The standard InChI is InChI=1S/C14H14N4O2/c1-10(19)17-9-13-7-11(4-6-16-13)14(20)18-12-3-2-5-15-8-12/h2-8H,9H2,1H3,(H,17,19)(H,18,20). The van der Waals surface area contributed by atoms with E-state index < -0.39 is 0 Å². The molecule has 2 N–H and O–H groups in total. The van der Waals surface area contributed by atoms with E-state index in [1.165, 1.54) is 13.1 Å². The summed E-state index contributed by atoms with van der Waals surface area (Å²) < 4.78 is 0. The second-order valence-electron chi connectivity index (χ2n) is 4.14. The van der Waals surface area contributed by atoms with Crippen molar-refractivity contribution in [2.45, 2.75) is 13.5 Å². The van der Waals surface area contributed by atoms with Crippen LogP contribution in [0.25, 0.3) is 0 Å². The number of nitrogens with zero attached hydrogens (tertiary/aromatic N) is 2. The first kappa shape index (κ1) is 13.7. The summed E-state index contributed by atoms with van der Waals surface area (Å²) in [6.45, 7) is 1.72. The molecular weight excluding hydrogens is 256 g/mol. The van der Waals surface area contributed by atoms with E-state index in [-0.39, 0.29) is 11.8 Å². The minimum Gasteiger partial charge on any atom is -0.351 e. The van der Waals surface area contributed by atoms with Gasteiger partial charge in [-0.2, -0.15) is 0 Å². The monoisotopic (exact) mass is 270 g/mol. The summed E-state index contributed by atoms with van der Waals surface area (Å²) in [5.74, 6) is -0.388. The second kappa shape index (κ2) is 6.42. The lowest BCUT2D eigenvalue weighted by atomic mass is 10.2. The fourth-order valence-electron chi connectivity index (χ4n) is 1.57. The fourth-order valence-corrected chi connectivity index (χ4v) is 1.57. The quantitative estimate of drug-likeness (QED) is 0.878. The van der Waals surface area contributed by atoms with Crippen LogP contribution in [-0.4, -0.2) is 21.8 Å². The van der Waals surface area contributed by atoms with E-state index in [0.717, 1.165) is 0 Å². The van der Waals surface area contributed by atoms with Crippen LogP contribution in [0.4, 0.5) is 5.69 Å². The van der Waals surface area contributed by atoms with Gasteiger partial charge < -0.3 is 10.6 Å². The Bertz CT molecular complexity index is 614. The summed E-state index contributed by atoms with van der Waals surface area (Å²) in [6, 6.07) is 6.75. The largest absolute Gasteiger partial charge is 0.351 e. The van der Waals surface area contributed by atoms with Crippen molar-refractivity contribution in [3.8, 4) is 0 Å². The van der Waals surface area contributed by atoms with Crippen LogP contribution in [0.5, 0.6) is 0 Å². The minimum atomic E-state index is -0.246. The van der Waals surface area contributed by atoms with Crippen LogP contribution in [0, 0.1) is 0 Å². The zero-order chi connectivity index (χ0) is 14.4. The van der Waals surface area contributed by atoms with Crippen LogP contribution in [0.15, 0.2) is 42.9 Å². The minimum absolute atomic E-state index is 0.142. The highest BCUT2D eigenvalue weighted by Gasteiger charge is 2.07. The molecule has 0 saturated carbocycles. The van der Waals surface area contributed by atoms with Crippen molar-refractivity contribution in [2.24, 2.45) is 0 Å². The van der Waals surface area contributed by atoms with Gasteiger partial charge in [0.2, 0.25) is 5.91 Å². The number of carbonyl (C=O) groups excluding carboxylic acids is 2. The lowest BCUT2D eigenvalue weighted by molar-refractivity contribution is -0.119. The van der Waals surface area contributed by atoms with Crippen molar-refractivity contribution in [2.75, 3.05) is 5.32 Å². The number of pyridine rings is 2. The molecule has 6 nitrogen and oxygen atoms in total. The molecule has 0 unspecified atom stereocenters. The van der Waals surface area contributed by atoms with E-state index in [1.807, 2.05) is 0 Å². The van der Waals surface area contributed by atoms with Crippen LogP contribution < -0.4 is 10.6 Å². The molecule has 20 heavy (non-hydrogen) atoms. The molecule has 0 aliphatic carbocycles. The van der Waals surface area contributed by atoms with Crippen LogP contribution in [0.3, 0.4) is 0 Å². The third kappa shape index (κ3) is 3.88. The summed E-state index contributed by atoms with van der Waals surface area (Å²) in [5.41, 5.74) is 1.72. The number of aromatic nitrogens is 2. The van der Waals surface area contributed by atoms with Gasteiger partial charge >= 0.3 is 0 Å². The molecular formula is C14H14N4O2. The molecule has 0 fully saturated rings. The van der Waals surface area contributed by atoms with Gasteiger partial charge in [0.15, 0.2) is 0 Å². The van der Waals surface area contributed by atoms with Crippen molar-refractivity contribution in [3.63, 3.8) is 0 Å². The lowest BCUT2D eigenvalue weighted by Gasteiger charge is -2.06. The normalized spacial score (nSPS) is 9.85. The summed E-state index contributed by atoms with van der Waals surface area (Å²) >= 11 is 0. The van der Waals surface area contributed by atoms with Gasteiger partial charge in [-0.05, 0) is 24.3 Å². The Balaban J connectivity index is 2.06. The Morgan fingerprint density at radius 3 is 2.80 bits per heavy atom. The summed E-state index contributed by atoms with van der Waals surface area (Å²) in [6.07, 6.45) is 4.74. The predicted molar refractivity (Wildman–Crippen MR) is 73.9 cm³/mol. The van der Waals surface area contributed by atoms with Crippen molar-refractivity contribution < 1.29 is 9.59 Å². The maximum absolute atomic E-state index is 12.1. The Morgan fingerprint density at radius 1 is 1.25 bits per heavy atom. The highest BCUT2D eigenvalue weighted by atomic mass is 16.2. The van der Waals surface area contributed by atoms with Gasteiger partial charge in [-0.1, -0.05) is 0 Å². The van der Waals surface area contributed by atoms with E-state index in [1.54, 1.807) is 36.7 Å². The molecule has 6 heteroatoms. The molecule has 2 aromatic heterocycles. The highest BCUT2D eigenvalue weighted by Crippen LogP contribution is 2.08. The highest BCUT2D eigenvalue weighted by molar-refractivity contribution is 6.04. The van der Waals surface area contributed by atoms with Gasteiger partial charge in [0.25, 0.3) is 5.91 Å². The lowest BCUT2D eigenvalue weighted by Crippen LogP contribution is -2.20. The van der Waals surface area contributed by atoms with Gasteiger partial charge in [-0.3, -0.25) is 19.6 Å². The van der Waals surface area contributed by atoms with Gasteiger partial charge in [0.05, 0.1) is 24.1 Å². The molecule has 0 aromatic carbocycles. The first-order valence-corrected chi connectivity index (χ1v) is 6.06. The molecule has 0 bridgehead atoms. The van der Waals surface area contributed by atoms with E-state index in [4.69, 9.17) is 0 Å². The van der Waals surface area contributed by atoms with Crippen molar-refractivity contribution in [3.05, 3.63) is 54.1 Å². The van der Waals surface area contributed by atoms with E-state index in [9.17, 15) is 9.59 Å². The summed E-state index contributed by atoms with van der Waals surface area (Å²) in [4.78, 5) is 30.9. The fraction of sp³-hybridized carbons (Fsp3) is 0.143. The summed E-state index contributed by atoms with van der Waals surface area (Å²) in [7, 11) is 0. The van der Waals surface area contributed by atoms with E-state index in [0.29, 0.717) is 23.5 Å². The van der Waals surface area contributed by atoms with E-state index >= 15 is 0 Å². The van der Waals surface area contributed by atoms with Crippen molar-refractivity contribution in [1.82, 2.24) is 15.3 Å². The Kier molecular flexibility index (Phi) is 4.39. The molecule has 0 spiro atoms. The smallest absolute Gasteiger partial charge is 0.255 e. The average molecular weight is 270 g/mol. The number of nitrogens with one attached hydrogen (secondary N) is 2. The van der Waals surface area contributed by atoms with Crippen molar-refractivity contribution in [1.29, 1.82) is 0 Å². The van der Waals surface area contributed by atoms with Gasteiger partial charge in [-0.15, -0.1) is 0 Å². The molecule has 0 radical (unpaired) electrons. The number of anilines is 1. The van der Waals surface area contributed by atoms with Crippen molar-refractivity contribution >= 4 is 17.5 Å². The Morgan fingerprint density at radius 2 is 2.10 bits per heavy atom. The molecule has 2 amide bonds. The maximum Gasteiger partial charge on any atom is 0.255 e. The molecule has 0 aliphatic rings.